The van der Waals surface area contributed by atoms with Crippen molar-refractivity contribution in [3.05, 3.63) is 0 Å². The van der Waals surface area contributed by atoms with Gasteiger partial charge in [-0.3, -0.25) is 0 Å². The normalized spacial score (nSPS) is 14.3. The summed E-state index contributed by atoms with van der Waals surface area (Å²) in [6, 6.07) is 0. The van der Waals surface area contributed by atoms with Gasteiger partial charge >= 0.3 is 6.64 Å². The van der Waals surface area contributed by atoms with E-state index in [0.717, 1.165) is 0 Å². The minimum atomic E-state index is -2.53. The first-order valence-corrected chi connectivity index (χ1v) is 6.35. The molecule has 14 heavy (non-hydrogen) atoms. The van der Waals surface area contributed by atoms with Crippen molar-refractivity contribution in [2.24, 2.45) is 10.3 Å². The molecule has 0 bridgehead atoms. The molecule has 8 heteroatoms. The summed E-state index contributed by atoms with van der Waals surface area (Å²) in [6.07, 6.45) is 0. The lowest BCUT2D eigenvalue weighted by Gasteiger charge is -2.16. The standard InChI is InChI=1S/C6H14N3O3PS/c1-5(6(2)8-10)7-9-13(14,11-3)12-4/h10H,1-4H3,(H,9,14)/b7-5+,8-6+. The van der Waals surface area contributed by atoms with E-state index in [1.807, 2.05) is 0 Å². The van der Waals surface area contributed by atoms with Gasteiger partial charge in [0.1, 0.15) is 0 Å². The van der Waals surface area contributed by atoms with E-state index < -0.39 is 6.64 Å². The van der Waals surface area contributed by atoms with Gasteiger partial charge in [0.2, 0.25) is 0 Å². The molecule has 0 aliphatic carbocycles. The second kappa shape index (κ2) is 6.08. The second-order valence-corrected chi connectivity index (χ2v) is 5.71. The zero-order valence-electron chi connectivity index (χ0n) is 8.51. The molecule has 0 saturated heterocycles. The Kier molecular flexibility index (Phi) is 5.87. The maximum absolute atomic E-state index is 8.45. The van der Waals surface area contributed by atoms with Crippen molar-refractivity contribution in [3.63, 3.8) is 0 Å². The SMILES string of the molecule is COP(=S)(N/N=C(C)/C(C)=N/O)OC. The molecule has 0 aliphatic heterocycles. The van der Waals surface area contributed by atoms with Crippen LogP contribution in [-0.2, 0) is 20.9 Å². The lowest BCUT2D eigenvalue weighted by Crippen LogP contribution is -2.13. The molecule has 0 fully saturated rings. The van der Waals surface area contributed by atoms with Crippen molar-refractivity contribution in [2.45, 2.75) is 13.8 Å². The van der Waals surface area contributed by atoms with Crippen LogP contribution >= 0.6 is 6.64 Å². The molecular formula is C6H14N3O3PS. The van der Waals surface area contributed by atoms with E-state index >= 15 is 0 Å². The van der Waals surface area contributed by atoms with Crippen LogP contribution in [0.2, 0.25) is 0 Å². The van der Waals surface area contributed by atoms with Crippen LogP contribution in [0.3, 0.4) is 0 Å². The van der Waals surface area contributed by atoms with Gasteiger partial charge in [-0.25, -0.2) is 5.20 Å². The molecule has 0 amide bonds. The summed E-state index contributed by atoms with van der Waals surface area (Å²) in [5.41, 5.74) is 0.905. The highest BCUT2D eigenvalue weighted by Crippen LogP contribution is 2.41. The Balaban J connectivity index is 4.49. The van der Waals surface area contributed by atoms with E-state index in [1.54, 1.807) is 13.8 Å². The predicted octanol–water partition coefficient (Wildman–Crippen LogP) is 1.32. The maximum atomic E-state index is 8.45. The monoisotopic (exact) mass is 239 g/mol. The lowest BCUT2D eigenvalue weighted by atomic mass is 10.3. The Hall–Kier alpha value is -0.490. The summed E-state index contributed by atoms with van der Waals surface area (Å²) in [5.74, 6) is 0. The fraction of sp³-hybridized carbons (Fsp3) is 0.667. The van der Waals surface area contributed by atoms with Gasteiger partial charge in [-0.15, -0.1) is 0 Å². The van der Waals surface area contributed by atoms with Gasteiger partial charge in [0.05, 0.1) is 11.4 Å². The van der Waals surface area contributed by atoms with E-state index in [-0.39, 0.29) is 0 Å². The third-order valence-electron chi connectivity index (χ3n) is 1.49. The first-order valence-electron chi connectivity index (χ1n) is 3.71. The molecule has 0 spiro atoms. The summed E-state index contributed by atoms with van der Waals surface area (Å²) in [5, 5.41) is 17.9. The van der Waals surface area contributed by atoms with Gasteiger partial charge in [-0.05, 0) is 25.7 Å². The molecule has 0 rings (SSSR count). The number of hydrazone groups is 1. The Labute approximate surface area is 88.2 Å². The van der Waals surface area contributed by atoms with Crippen molar-refractivity contribution < 1.29 is 14.3 Å². The van der Waals surface area contributed by atoms with Gasteiger partial charge < -0.3 is 14.3 Å². The Morgan fingerprint density at radius 2 is 1.79 bits per heavy atom. The van der Waals surface area contributed by atoms with Gasteiger partial charge in [0, 0.05) is 14.2 Å². The number of oxime groups is 1. The molecule has 0 radical (unpaired) electrons. The van der Waals surface area contributed by atoms with Crippen LogP contribution in [0, 0.1) is 0 Å². The van der Waals surface area contributed by atoms with Gasteiger partial charge in [-0.2, -0.15) is 5.10 Å². The molecule has 0 aromatic heterocycles. The molecule has 0 atom stereocenters. The van der Waals surface area contributed by atoms with Crippen LogP contribution in [0.25, 0.3) is 0 Å². The zero-order valence-corrected chi connectivity index (χ0v) is 10.2. The molecule has 0 aromatic rings. The molecule has 0 aliphatic rings. The van der Waals surface area contributed by atoms with E-state index in [2.05, 4.69) is 15.5 Å². The maximum Gasteiger partial charge on any atom is 0.302 e. The summed E-state index contributed by atoms with van der Waals surface area (Å²) < 4.78 is 9.87. The van der Waals surface area contributed by atoms with Crippen LogP contribution in [0.1, 0.15) is 13.8 Å². The average Bonchev–Trinajstić information content (AvgIpc) is 2.24. The highest BCUT2D eigenvalue weighted by molar-refractivity contribution is 8.08. The Morgan fingerprint density at radius 1 is 1.29 bits per heavy atom. The number of rotatable bonds is 5. The van der Waals surface area contributed by atoms with Crippen LogP contribution < -0.4 is 5.20 Å². The summed E-state index contributed by atoms with van der Waals surface area (Å²) >= 11 is 4.99. The molecule has 0 heterocycles. The van der Waals surface area contributed by atoms with Crippen molar-refractivity contribution in [1.82, 2.24) is 5.20 Å². The van der Waals surface area contributed by atoms with Crippen molar-refractivity contribution in [1.29, 1.82) is 0 Å². The Morgan fingerprint density at radius 3 is 2.14 bits per heavy atom. The topological polar surface area (TPSA) is 75.4 Å². The molecule has 6 nitrogen and oxygen atoms in total. The third-order valence-corrected chi connectivity index (χ3v) is 3.94. The smallest absolute Gasteiger partial charge is 0.302 e. The predicted molar refractivity (Wildman–Crippen MR) is 59.4 cm³/mol. The largest absolute Gasteiger partial charge is 0.411 e. The van der Waals surface area contributed by atoms with Gasteiger partial charge in [0.25, 0.3) is 0 Å². The number of nitrogens with one attached hydrogen (secondary N) is 1. The minimum absolute atomic E-state index is 0.395. The molecular weight excluding hydrogens is 225 g/mol. The quantitative estimate of drug-likeness (QED) is 0.327. The molecule has 0 aromatic carbocycles. The lowest BCUT2D eigenvalue weighted by molar-refractivity contribution is 0.319. The molecule has 0 saturated carbocycles. The first-order chi connectivity index (χ1) is 6.49. The van der Waals surface area contributed by atoms with Crippen molar-refractivity contribution >= 4 is 29.9 Å². The Bertz CT molecular complexity index is 284. The molecule has 2 N–H and O–H groups in total. The average molecular weight is 239 g/mol. The highest BCUT2D eigenvalue weighted by atomic mass is 32.5. The number of hydrogen-bond donors (Lipinski definition) is 2. The second-order valence-electron chi connectivity index (χ2n) is 2.35. The van der Waals surface area contributed by atoms with E-state index in [9.17, 15) is 0 Å². The van der Waals surface area contributed by atoms with Gasteiger partial charge in [-0.1, -0.05) is 5.16 Å². The number of nitrogens with zero attached hydrogens (tertiary/aromatic N) is 2. The summed E-state index contributed by atoms with van der Waals surface area (Å²) in [7, 11) is 2.88. The zero-order chi connectivity index (χ0) is 11.2. The van der Waals surface area contributed by atoms with E-state index in [4.69, 9.17) is 26.1 Å². The van der Waals surface area contributed by atoms with E-state index in [1.165, 1.54) is 14.2 Å². The third kappa shape index (κ3) is 4.15. The fourth-order valence-electron chi connectivity index (χ4n) is 0.446. The van der Waals surface area contributed by atoms with Crippen molar-refractivity contribution in [3.8, 4) is 0 Å². The van der Waals surface area contributed by atoms with Crippen LogP contribution in [0.5, 0.6) is 0 Å². The van der Waals surface area contributed by atoms with Crippen LogP contribution in [0.4, 0.5) is 0 Å². The fourth-order valence-corrected chi connectivity index (χ4v) is 1.15. The first kappa shape index (κ1) is 13.5. The van der Waals surface area contributed by atoms with Gasteiger partial charge in [0.15, 0.2) is 0 Å². The number of hydrogen-bond acceptors (Lipinski definition) is 6. The van der Waals surface area contributed by atoms with E-state index in [0.29, 0.717) is 11.4 Å². The molecule has 82 valence electrons. The summed E-state index contributed by atoms with van der Waals surface area (Å²) in [6.45, 7) is 0.762. The highest BCUT2D eigenvalue weighted by Gasteiger charge is 2.13. The summed E-state index contributed by atoms with van der Waals surface area (Å²) in [4.78, 5) is 0. The molecule has 0 unspecified atom stereocenters. The van der Waals surface area contributed by atoms with Crippen molar-refractivity contribution in [2.75, 3.05) is 14.2 Å². The van der Waals surface area contributed by atoms with Crippen LogP contribution in [0.15, 0.2) is 10.3 Å². The van der Waals surface area contributed by atoms with Crippen LogP contribution in [-0.4, -0.2) is 30.9 Å². The minimum Gasteiger partial charge on any atom is -0.411 e.